The summed E-state index contributed by atoms with van der Waals surface area (Å²) in [5.41, 5.74) is 18.3. The van der Waals surface area contributed by atoms with Gasteiger partial charge >= 0.3 is 0 Å². The number of aryl methyl sites for hydroxylation is 1. The number of fused-ring (bicyclic) bond motifs is 1. The molecule has 0 saturated heterocycles. The van der Waals surface area contributed by atoms with Crippen LogP contribution in [0.15, 0.2) is 55.0 Å². The Morgan fingerprint density at radius 1 is 0.958 bits per heavy atom. The Morgan fingerprint density at radius 3 is 2.62 bits per heavy atom. The zero-order valence-electron chi connectivity index (χ0n) is 13.1. The van der Waals surface area contributed by atoms with Gasteiger partial charge in [-0.25, -0.2) is 4.98 Å². The van der Waals surface area contributed by atoms with E-state index in [0.717, 1.165) is 33.4 Å². The second-order valence-corrected chi connectivity index (χ2v) is 5.67. The molecular formula is C18H16N6. The molecule has 0 amide bonds. The van der Waals surface area contributed by atoms with Crippen molar-refractivity contribution in [3.8, 4) is 22.4 Å². The van der Waals surface area contributed by atoms with Crippen molar-refractivity contribution < 1.29 is 0 Å². The third-order valence-electron chi connectivity index (χ3n) is 3.99. The SMILES string of the molecule is Cn1cc(-c2cnc3ccc(-c4cccc(N)c4N)nc3c2)cn1. The molecule has 4 N–H and O–H groups in total. The molecule has 0 bridgehead atoms. The standard InChI is InChI=1S/C18H16N6/c1-24-10-12(9-22-24)11-7-17-16(21-8-11)6-5-15(23-17)13-3-2-4-14(19)18(13)20/h2-10H,19-20H2,1H3. The number of nitrogens with two attached hydrogens (primary N) is 2. The first-order valence-electron chi connectivity index (χ1n) is 7.52. The van der Waals surface area contributed by atoms with Crippen molar-refractivity contribution in [3.05, 3.63) is 55.0 Å². The topological polar surface area (TPSA) is 95.6 Å². The van der Waals surface area contributed by atoms with E-state index in [0.29, 0.717) is 11.4 Å². The van der Waals surface area contributed by atoms with Crippen LogP contribution < -0.4 is 11.5 Å². The normalized spacial score (nSPS) is 11.0. The van der Waals surface area contributed by atoms with Gasteiger partial charge < -0.3 is 11.5 Å². The molecule has 0 aliphatic rings. The van der Waals surface area contributed by atoms with Gasteiger partial charge in [0.15, 0.2) is 0 Å². The maximum Gasteiger partial charge on any atom is 0.0900 e. The van der Waals surface area contributed by atoms with E-state index in [9.17, 15) is 0 Å². The molecule has 118 valence electrons. The van der Waals surface area contributed by atoms with Crippen molar-refractivity contribution >= 4 is 22.4 Å². The lowest BCUT2D eigenvalue weighted by molar-refractivity contribution is 0.768. The molecule has 4 aromatic rings. The van der Waals surface area contributed by atoms with Gasteiger partial charge in [-0.3, -0.25) is 9.67 Å². The van der Waals surface area contributed by atoms with E-state index in [4.69, 9.17) is 16.5 Å². The summed E-state index contributed by atoms with van der Waals surface area (Å²) in [6, 6.07) is 11.4. The van der Waals surface area contributed by atoms with Gasteiger partial charge in [-0.2, -0.15) is 5.10 Å². The lowest BCUT2D eigenvalue weighted by Gasteiger charge is -2.08. The number of nitrogen functional groups attached to an aromatic ring is 2. The highest BCUT2D eigenvalue weighted by Gasteiger charge is 2.09. The van der Waals surface area contributed by atoms with Crippen molar-refractivity contribution in [1.29, 1.82) is 0 Å². The molecule has 3 heterocycles. The fourth-order valence-corrected chi connectivity index (χ4v) is 2.69. The quantitative estimate of drug-likeness (QED) is 0.554. The molecule has 0 fully saturated rings. The number of hydrogen-bond acceptors (Lipinski definition) is 5. The van der Waals surface area contributed by atoms with E-state index in [-0.39, 0.29) is 0 Å². The van der Waals surface area contributed by atoms with Gasteiger partial charge in [-0.15, -0.1) is 0 Å². The second-order valence-electron chi connectivity index (χ2n) is 5.67. The van der Waals surface area contributed by atoms with E-state index in [1.165, 1.54) is 0 Å². The average Bonchev–Trinajstić information content (AvgIpc) is 3.03. The Labute approximate surface area is 138 Å². The lowest BCUT2D eigenvalue weighted by Crippen LogP contribution is -1.98. The first kappa shape index (κ1) is 14.2. The maximum atomic E-state index is 6.09. The molecule has 6 heteroatoms. The number of anilines is 2. The highest BCUT2D eigenvalue weighted by atomic mass is 15.2. The Hall–Kier alpha value is -3.41. The highest BCUT2D eigenvalue weighted by molar-refractivity contribution is 5.87. The molecule has 0 aliphatic heterocycles. The van der Waals surface area contributed by atoms with Crippen LogP contribution in [0.5, 0.6) is 0 Å². The Morgan fingerprint density at radius 2 is 1.83 bits per heavy atom. The predicted molar refractivity (Wildman–Crippen MR) is 96.0 cm³/mol. The molecule has 6 nitrogen and oxygen atoms in total. The molecule has 0 spiro atoms. The van der Waals surface area contributed by atoms with Crippen LogP contribution in [0, 0.1) is 0 Å². The Balaban J connectivity index is 1.86. The average molecular weight is 316 g/mol. The third-order valence-corrected chi connectivity index (χ3v) is 3.99. The molecule has 0 radical (unpaired) electrons. The predicted octanol–water partition coefficient (Wildman–Crippen LogP) is 2.86. The number of hydrogen-bond donors (Lipinski definition) is 2. The molecule has 0 atom stereocenters. The number of rotatable bonds is 2. The molecule has 0 saturated carbocycles. The molecule has 1 aromatic carbocycles. The maximum absolute atomic E-state index is 6.09. The zero-order valence-corrected chi connectivity index (χ0v) is 13.1. The minimum Gasteiger partial charge on any atom is -0.397 e. The minimum atomic E-state index is 0.542. The lowest BCUT2D eigenvalue weighted by atomic mass is 10.1. The van der Waals surface area contributed by atoms with Crippen LogP contribution in [-0.2, 0) is 7.05 Å². The number of para-hydroxylation sites is 1. The summed E-state index contributed by atoms with van der Waals surface area (Å²) in [6.45, 7) is 0. The smallest absolute Gasteiger partial charge is 0.0900 e. The van der Waals surface area contributed by atoms with Gasteiger partial charge in [0.05, 0.1) is 34.3 Å². The largest absolute Gasteiger partial charge is 0.397 e. The second kappa shape index (κ2) is 5.34. The summed E-state index contributed by atoms with van der Waals surface area (Å²) in [6.07, 6.45) is 5.58. The summed E-state index contributed by atoms with van der Waals surface area (Å²) in [5.74, 6) is 0. The van der Waals surface area contributed by atoms with E-state index in [1.54, 1.807) is 10.7 Å². The van der Waals surface area contributed by atoms with Gasteiger partial charge in [-0.05, 0) is 24.3 Å². The van der Waals surface area contributed by atoms with Crippen LogP contribution in [0.4, 0.5) is 11.4 Å². The van der Waals surface area contributed by atoms with Crippen LogP contribution in [0.25, 0.3) is 33.4 Å². The van der Waals surface area contributed by atoms with Crippen molar-refractivity contribution in [2.75, 3.05) is 11.5 Å². The van der Waals surface area contributed by atoms with Gasteiger partial charge in [-0.1, -0.05) is 12.1 Å². The third kappa shape index (κ3) is 2.34. The zero-order chi connectivity index (χ0) is 16.7. The fourth-order valence-electron chi connectivity index (χ4n) is 2.69. The molecule has 3 aromatic heterocycles. The van der Waals surface area contributed by atoms with Crippen LogP contribution in [-0.4, -0.2) is 19.7 Å². The number of benzene rings is 1. The van der Waals surface area contributed by atoms with Crippen molar-refractivity contribution in [2.45, 2.75) is 0 Å². The molecule has 0 aliphatic carbocycles. The van der Waals surface area contributed by atoms with E-state index in [2.05, 4.69) is 10.1 Å². The van der Waals surface area contributed by atoms with Crippen molar-refractivity contribution in [3.63, 3.8) is 0 Å². The number of nitrogens with zero attached hydrogens (tertiary/aromatic N) is 4. The Kier molecular flexibility index (Phi) is 3.16. The first-order valence-corrected chi connectivity index (χ1v) is 7.52. The van der Waals surface area contributed by atoms with E-state index in [1.807, 2.05) is 56.0 Å². The van der Waals surface area contributed by atoms with Gasteiger partial charge in [0.2, 0.25) is 0 Å². The number of pyridine rings is 2. The molecule has 0 unspecified atom stereocenters. The van der Waals surface area contributed by atoms with Crippen LogP contribution in [0.3, 0.4) is 0 Å². The highest BCUT2D eigenvalue weighted by Crippen LogP contribution is 2.30. The summed E-state index contributed by atoms with van der Waals surface area (Å²) in [4.78, 5) is 9.20. The van der Waals surface area contributed by atoms with Crippen LogP contribution >= 0.6 is 0 Å². The number of aromatic nitrogens is 4. The molecular weight excluding hydrogens is 300 g/mol. The van der Waals surface area contributed by atoms with Crippen molar-refractivity contribution in [2.24, 2.45) is 7.05 Å². The molecule has 24 heavy (non-hydrogen) atoms. The summed E-state index contributed by atoms with van der Waals surface area (Å²) in [5, 5.41) is 4.20. The summed E-state index contributed by atoms with van der Waals surface area (Å²) >= 11 is 0. The fraction of sp³-hybridized carbons (Fsp3) is 0.0556. The monoisotopic (exact) mass is 316 g/mol. The van der Waals surface area contributed by atoms with Gasteiger partial charge in [0.1, 0.15) is 0 Å². The van der Waals surface area contributed by atoms with Gasteiger partial charge in [0.25, 0.3) is 0 Å². The Bertz CT molecular complexity index is 1050. The van der Waals surface area contributed by atoms with Crippen LogP contribution in [0.1, 0.15) is 0 Å². The van der Waals surface area contributed by atoms with Crippen LogP contribution in [0.2, 0.25) is 0 Å². The van der Waals surface area contributed by atoms with Crippen molar-refractivity contribution in [1.82, 2.24) is 19.7 Å². The first-order chi connectivity index (χ1) is 11.6. The minimum absolute atomic E-state index is 0.542. The van der Waals surface area contributed by atoms with Gasteiger partial charge in [0, 0.05) is 36.1 Å². The summed E-state index contributed by atoms with van der Waals surface area (Å²) in [7, 11) is 1.89. The molecule has 4 rings (SSSR count). The van der Waals surface area contributed by atoms with E-state index >= 15 is 0 Å². The van der Waals surface area contributed by atoms with E-state index < -0.39 is 0 Å². The summed E-state index contributed by atoms with van der Waals surface area (Å²) < 4.78 is 1.76.